The Bertz CT molecular complexity index is 352. The Morgan fingerprint density at radius 2 is 2.36 bits per heavy atom. The normalized spacial score (nSPS) is 12.2. The summed E-state index contributed by atoms with van der Waals surface area (Å²) in [4.78, 5) is 14.8. The third-order valence-electron chi connectivity index (χ3n) is 1.81. The zero-order valence-corrected chi connectivity index (χ0v) is 8.02. The summed E-state index contributed by atoms with van der Waals surface area (Å²) in [5.74, 6) is -0.613. The van der Waals surface area contributed by atoms with E-state index in [1.165, 1.54) is 7.11 Å². The van der Waals surface area contributed by atoms with Crippen LogP contribution in [0.1, 0.15) is 17.2 Å². The fourth-order valence-electron chi connectivity index (χ4n) is 1.06. The molecule has 0 aliphatic heterocycles. The maximum atomic E-state index is 11.0. The number of rotatable bonds is 2. The van der Waals surface area contributed by atoms with Crippen LogP contribution in [0.2, 0.25) is 0 Å². The van der Waals surface area contributed by atoms with Crippen LogP contribution in [-0.2, 0) is 9.53 Å². The molecular formula is C9H12N2O3. The molecule has 14 heavy (non-hydrogen) atoms. The average Bonchev–Trinajstić information content (AvgIpc) is 2.19. The summed E-state index contributed by atoms with van der Waals surface area (Å²) >= 11 is 0. The molecule has 0 amide bonds. The van der Waals surface area contributed by atoms with E-state index in [1.54, 1.807) is 19.2 Å². The third-order valence-corrected chi connectivity index (χ3v) is 1.81. The molecule has 0 fully saturated rings. The number of ether oxygens (including phenoxy) is 1. The molecule has 0 saturated heterocycles. The smallest absolute Gasteiger partial charge is 0.339 e. The zero-order chi connectivity index (χ0) is 10.7. The van der Waals surface area contributed by atoms with Crippen molar-refractivity contribution < 1.29 is 14.6 Å². The van der Waals surface area contributed by atoms with Crippen molar-refractivity contribution in [1.29, 1.82) is 0 Å². The first-order chi connectivity index (χ1) is 6.56. The van der Waals surface area contributed by atoms with E-state index in [9.17, 15) is 9.90 Å². The van der Waals surface area contributed by atoms with Gasteiger partial charge in [0.05, 0.1) is 7.11 Å². The number of methoxy groups -OCH3 is 1. The molecule has 0 saturated carbocycles. The van der Waals surface area contributed by atoms with Gasteiger partial charge in [0, 0.05) is 11.8 Å². The van der Waals surface area contributed by atoms with Crippen molar-refractivity contribution >= 4 is 11.8 Å². The van der Waals surface area contributed by atoms with Crippen molar-refractivity contribution in [2.75, 3.05) is 12.8 Å². The van der Waals surface area contributed by atoms with Crippen LogP contribution < -0.4 is 5.73 Å². The Labute approximate surface area is 81.5 Å². The summed E-state index contributed by atoms with van der Waals surface area (Å²) in [6.07, 6.45) is 0.190. The maximum Gasteiger partial charge on any atom is 0.339 e. The molecule has 0 radical (unpaired) electrons. The first-order valence-corrected chi connectivity index (χ1v) is 4.04. The second-order valence-electron chi connectivity index (χ2n) is 2.91. The molecule has 0 aliphatic rings. The molecule has 1 rings (SSSR count). The van der Waals surface area contributed by atoms with E-state index in [0.29, 0.717) is 0 Å². The molecule has 1 aromatic heterocycles. The van der Waals surface area contributed by atoms with Gasteiger partial charge in [-0.2, -0.15) is 0 Å². The second-order valence-corrected chi connectivity index (χ2v) is 2.91. The first-order valence-electron chi connectivity index (χ1n) is 4.04. The average molecular weight is 196 g/mol. The topological polar surface area (TPSA) is 85.4 Å². The van der Waals surface area contributed by atoms with Crippen molar-refractivity contribution in [1.82, 2.24) is 4.98 Å². The fraction of sp³-hybridized carbons (Fsp3) is 0.333. The number of aliphatic hydroxyl groups excluding tert-OH is 1. The molecule has 76 valence electrons. The number of esters is 1. The molecule has 5 heteroatoms. The van der Waals surface area contributed by atoms with Gasteiger partial charge in [-0.15, -0.1) is 0 Å². The summed E-state index contributed by atoms with van der Waals surface area (Å²) in [5, 5.41) is 9.50. The Kier molecular flexibility index (Phi) is 3.03. The number of hydrogen-bond acceptors (Lipinski definition) is 5. The number of carbonyl (C=O) groups is 1. The highest BCUT2D eigenvalue weighted by molar-refractivity contribution is 5.77. The number of anilines is 1. The van der Waals surface area contributed by atoms with Crippen LogP contribution in [0, 0.1) is 6.92 Å². The summed E-state index contributed by atoms with van der Waals surface area (Å²) in [5.41, 5.74) is 6.60. The molecule has 1 atom stereocenters. The number of nitrogens with zero attached hydrogens (tertiary/aromatic N) is 1. The lowest BCUT2D eigenvalue weighted by atomic mass is 10.1. The minimum absolute atomic E-state index is 0.133. The van der Waals surface area contributed by atoms with E-state index in [-0.39, 0.29) is 11.4 Å². The number of nitrogens with two attached hydrogens (primary N) is 1. The number of aliphatic hydroxyl groups is 1. The zero-order valence-electron chi connectivity index (χ0n) is 8.02. The number of carbonyl (C=O) groups excluding carboxylic acids is 1. The van der Waals surface area contributed by atoms with Gasteiger partial charge >= 0.3 is 5.97 Å². The van der Waals surface area contributed by atoms with Crippen LogP contribution in [0.15, 0.2) is 12.3 Å². The largest absolute Gasteiger partial charge is 0.467 e. The monoisotopic (exact) mass is 196 g/mol. The lowest BCUT2D eigenvalue weighted by Gasteiger charge is -2.10. The third kappa shape index (κ3) is 2.00. The standard InChI is InChI=1S/C9H12N2O3/c1-5-3-6(8(10)11-4-5)7(12)9(13)14-2/h3-4,7,12H,1-2H3,(H2,10,11). The lowest BCUT2D eigenvalue weighted by molar-refractivity contribution is -0.150. The summed E-state index contributed by atoms with van der Waals surface area (Å²) in [7, 11) is 1.20. The molecule has 3 N–H and O–H groups in total. The van der Waals surface area contributed by atoms with Crippen LogP contribution in [-0.4, -0.2) is 23.2 Å². The predicted molar refractivity (Wildman–Crippen MR) is 50.4 cm³/mol. The van der Waals surface area contributed by atoms with Crippen LogP contribution in [0.5, 0.6) is 0 Å². The highest BCUT2D eigenvalue weighted by atomic mass is 16.5. The van der Waals surface area contributed by atoms with Crippen molar-refractivity contribution in [3.05, 3.63) is 23.4 Å². The van der Waals surface area contributed by atoms with E-state index in [4.69, 9.17) is 5.73 Å². The van der Waals surface area contributed by atoms with Crippen LogP contribution >= 0.6 is 0 Å². The first kappa shape index (κ1) is 10.5. The number of nitrogen functional groups attached to an aromatic ring is 1. The number of hydrogen-bond donors (Lipinski definition) is 2. The summed E-state index contributed by atoms with van der Waals surface area (Å²) in [6.45, 7) is 1.79. The molecule has 0 aliphatic carbocycles. The molecule has 0 spiro atoms. The van der Waals surface area contributed by atoms with E-state index < -0.39 is 12.1 Å². The minimum atomic E-state index is -1.37. The van der Waals surface area contributed by atoms with Gasteiger partial charge in [-0.3, -0.25) is 0 Å². The molecule has 1 aromatic rings. The molecule has 1 unspecified atom stereocenters. The van der Waals surface area contributed by atoms with E-state index in [0.717, 1.165) is 5.56 Å². The number of aromatic nitrogens is 1. The van der Waals surface area contributed by atoms with E-state index in [1.807, 2.05) is 0 Å². The fourth-order valence-corrected chi connectivity index (χ4v) is 1.06. The van der Waals surface area contributed by atoms with Crippen molar-refractivity contribution in [3.8, 4) is 0 Å². The SMILES string of the molecule is COC(=O)C(O)c1cc(C)cnc1N. The summed E-state index contributed by atoms with van der Waals surface area (Å²) < 4.78 is 4.39. The van der Waals surface area contributed by atoms with E-state index in [2.05, 4.69) is 9.72 Å². The highest BCUT2D eigenvalue weighted by Crippen LogP contribution is 2.20. The maximum absolute atomic E-state index is 11.0. The second kappa shape index (κ2) is 4.06. The molecule has 0 aromatic carbocycles. The van der Waals surface area contributed by atoms with Gasteiger partial charge in [0.1, 0.15) is 5.82 Å². The number of aryl methyl sites for hydroxylation is 1. The van der Waals surface area contributed by atoms with Gasteiger partial charge in [0.2, 0.25) is 0 Å². The van der Waals surface area contributed by atoms with Crippen LogP contribution in [0.25, 0.3) is 0 Å². The molecule has 1 heterocycles. The van der Waals surface area contributed by atoms with Crippen molar-refractivity contribution in [2.45, 2.75) is 13.0 Å². The molecule has 0 bridgehead atoms. The van der Waals surface area contributed by atoms with Gasteiger partial charge in [-0.05, 0) is 18.6 Å². The highest BCUT2D eigenvalue weighted by Gasteiger charge is 2.20. The van der Waals surface area contributed by atoms with Crippen molar-refractivity contribution in [2.24, 2.45) is 0 Å². The Morgan fingerprint density at radius 3 is 2.93 bits per heavy atom. The van der Waals surface area contributed by atoms with Gasteiger partial charge < -0.3 is 15.6 Å². The summed E-state index contributed by atoms with van der Waals surface area (Å²) in [6, 6.07) is 1.60. The number of pyridine rings is 1. The van der Waals surface area contributed by atoms with Crippen LogP contribution in [0.4, 0.5) is 5.82 Å². The minimum Gasteiger partial charge on any atom is -0.467 e. The quantitative estimate of drug-likeness (QED) is 0.659. The molecular weight excluding hydrogens is 184 g/mol. The molecule has 5 nitrogen and oxygen atoms in total. The van der Waals surface area contributed by atoms with Gasteiger partial charge in [0.15, 0.2) is 6.10 Å². The lowest BCUT2D eigenvalue weighted by Crippen LogP contribution is -2.15. The van der Waals surface area contributed by atoms with Gasteiger partial charge in [0.25, 0.3) is 0 Å². The Morgan fingerprint density at radius 1 is 1.71 bits per heavy atom. The van der Waals surface area contributed by atoms with Crippen molar-refractivity contribution in [3.63, 3.8) is 0 Å². The van der Waals surface area contributed by atoms with Gasteiger partial charge in [-0.1, -0.05) is 0 Å². The Balaban J connectivity index is 3.05. The van der Waals surface area contributed by atoms with Crippen LogP contribution in [0.3, 0.4) is 0 Å². The predicted octanol–water partition coefficient (Wildman–Crippen LogP) is 0.179. The van der Waals surface area contributed by atoms with Gasteiger partial charge in [-0.25, -0.2) is 9.78 Å². The van der Waals surface area contributed by atoms with E-state index >= 15 is 0 Å². The Hall–Kier alpha value is -1.62.